The number of carbonyl (C=O) groups is 1. The zero-order valence-electron chi connectivity index (χ0n) is 7.65. The quantitative estimate of drug-likeness (QED) is 0.745. The second kappa shape index (κ2) is 3.79. The first kappa shape index (κ1) is 9.21. The third-order valence-corrected chi connectivity index (χ3v) is 2.78. The maximum Gasteiger partial charge on any atom is 0.212 e. The van der Waals surface area contributed by atoms with Crippen LogP contribution >= 0.6 is 11.8 Å². The van der Waals surface area contributed by atoms with Crippen LogP contribution in [0.25, 0.3) is 5.70 Å². The Morgan fingerprint density at radius 1 is 1.50 bits per heavy atom. The highest BCUT2D eigenvalue weighted by atomic mass is 32.2. The topological polar surface area (TPSA) is 54.9 Å². The van der Waals surface area contributed by atoms with E-state index in [0.717, 1.165) is 16.2 Å². The molecular weight excluding hydrogens is 198 g/mol. The van der Waals surface area contributed by atoms with Gasteiger partial charge in [-0.2, -0.15) is 10.2 Å². The van der Waals surface area contributed by atoms with Crippen LogP contribution in [-0.4, -0.2) is 21.9 Å². The van der Waals surface area contributed by atoms with Crippen molar-refractivity contribution in [3.63, 3.8) is 0 Å². The van der Waals surface area contributed by atoms with E-state index in [9.17, 15) is 4.79 Å². The Hall–Kier alpha value is -1.36. The van der Waals surface area contributed by atoms with Gasteiger partial charge < -0.3 is 5.32 Å². The van der Waals surface area contributed by atoms with Gasteiger partial charge in [0.1, 0.15) is 0 Å². The Bertz CT molecular complexity index is 388. The van der Waals surface area contributed by atoms with Crippen molar-refractivity contribution in [2.45, 2.75) is 6.92 Å². The number of nitrogens with zero attached hydrogens (tertiary/aromatic N) is 2. The molecule has 1 aliphatic rings. The predicted molar refractivity (Wildman–Crippen MR) is 55.2 cm³/mol. The molecule has 0 saturated carbocycles. The van der Waals surface area contributed by atoms with E-state index in [-0.39, 0.29) is 5.12 Å². The summed E-state index contributed by atoms with van der Waals surface area (Å²) in [5, 5.41) is 10.7. The molecule has 1 aromatic rings. The van der Waals surface area contributed by atoms with Crippen molar-refractivity contribution in [1.29, 1.82) is 0 Å². The fourth-order valence-electron chi connectivity index (χ4n) is 1.29. The van der Waals surface area contributed by atoms with Gasteiger partial charge in [0.15, 0.2) is 0 Å². The molecule has 0 aliphatic carbocycles. The van der Waals surface area contributed by atoms with Gasteiger partial charge in [0.25, 0.3) is 0 Å². The lowest BCUT2D eigenvalue weighted by Crippen LogP contribution is -2.24. The van der Waals surface area contributed by atoms with E-state index in [2.05, 4.69) is 15.5 Å². The normalized spacial score (nSPS) is 16.8. The third-order valence-electron chi connectivity index (χ3n) is 1.90. The molecule has 0 amide bonds. The van der Waals surface area contributed by atoms with E-state index in [1.165, 1.54) is 11.8 Å². The average Bonchev–Trinajstić information content (AvgIpc) is 2.19. The molecule has 0 atom stereocenters. The molecule has 1 aromatic heterocycles. The summed E-state index contributed by atoms with van der Waals surface area (Å²) in [6.45, 7) is 2.30. The number of nitrogens with one attached hydrogen (secondary N) is 1. The molecule has 0 aromatic carbocycles. The first-order valence-corrected chi connectivity index (χ1v) is 5.01. The van der Waals surface area contributed by atoms with Crippen molar-refractivity contribution in [1.82, 2.24) is 15.5 Å². The summed E-state index contributed by atoms with van der Waals surface area (Å²) in [5.41, 5.74) is 1.95. The highest BCUT2D eigenvalue weighted by Crippen LogP contribution is 2.27. The van der Waals surface area contributed by atoms with Gasteiger partial charge >= 0.3 is 0 Å². The fourth-order valence-corrected chi connectivity index (χ4v) is 2.06. The van der Waals surface area contributed by atoms with E-state index in [1.807, 2.05) is 13.0 Å². The summed E-state index contributed by atoms with van der Waals surface area (Å²) in [6, 6.07) is 1.87. The number of hydrogen-bond donors (Lipinski definition) is 1. The molecule has 0 saturated heterocycles. The van der Waals surface area contributed by atoms with E-state index >= 15 is 0 Å². The molecule has 5 heteroatoms. The lowest BCUT2D eigenvalue weighted by Gasteiger charge is -2.17. The van der Waals surface area contributed by atoms with Gasteiger partial charge in [-0.1, -0.05) is 11.8 Å². The Morgan fingerprint density at radius 2 is 2.36 bits per heavy atom. The summed E-state index contributed by atoms with van der Waals surface area (Å²) in [7, 11) is 0. The molecule has 0 unspecified atom stereocenters. The Morgan fingerprint density at radius 3 is 3.00 bits per heavy atom. The zero-order valence-corrected chi connectivity index (χ0v) is 8.47. The number of carbonyl (C=O) groups excluding carboxylic acids is 1. The SMILES string of the molecule is CC1=C(c2ccnnc2)NCC(=O)S1. The smallest absolute Gasteiger partial charge is 0.212 e. The fraction of sp³-hybridized carbons (Fsp3) is 0.222. The van der Waals surface area contributed by atoms with Crippen molar-refractivity contribution in [3.8, 4) is 0 Å². The molecule has 0 fully saturated rings. The van der Waals surface area contributed by atoms with Crippen LogP contribution in [0.5, 0.6) is 0 Å². The van der Waals surface area contributed by atoms with Crippen molar-refractivity contribution < 1.29 is 4.79 Å². The largest absolute Gasteiger partial charge is 0.376 e. The summed E-state index contributed by atoms with van der Waals surface area (Å²) < 4.78 is 0. The minimum Gasteiger partial charge on any atom is -0.376 e. The minimum atomic E-state index is 0.147. The van der Waals surface area contributed by atoms with Gasteiger partial charge in [-0.15, -0.1) is 0 Å². The lowest BCUT2D eigenvalue weighted by atomic mass is 10.2. The van der Waals surface area contributed by atoms with E-state index < -0.39 is 0 Å². The predicted octanol–water partition coefficient (Wildman–Crippen LogP) is 1.03. The molecule has 0 spiro atoms. The van der Waals surface area contributed by atoms with Crippen LogP contribution in [0, 0.1) is 0 Å². The molecule has 0 bridgehead atoms. The average molecular weight is 207 g/mol. The third kappa shape index (κ3) is 1.77. The summed E-state index contributed by atoms with van der Waals surface area (Å²) in [5.74, 6) is 0. The number of rotatable bonds is 1. The standard InChI is InChI=1S/C9H9N3OS/c1-6-9(10-5-8(13)14-6)7-2-3-11-12-4-7/h2-4,10H,5H2,1H3. The molecule has 1 aliphatic heterocycles. The van der Waals surface area contributed by atoms with Crippen molar-refractivity contribution in [2.75, 3.05) is 6.54 Å². The number of hydrogen-bond acceptors (Lipinski definition) is 5. The van der Waals surface area contributed by atoms with E-state index in [1.54, 1.807) is 12.4 Å². The second-order valence-electron chi connectivity index (χ2n) is 2.89. The Balaban J connectivity index is 2.35. The van der Waals surface area contributed by atoms with Gasteiger partial charge in [0, 0.05) is 10.5 Å². The highest BCUT2D eigenvalue weighted by Gasteiger charge is 2.16. The molecule has 0 radical (unpaired) electrons. The molecule has 4 nitrogen and oxygen atoms in total. The van der Waals surface area contributed by atoms with Crippen LogP contribution in [0.1, 0.15) is 12.5 Å². The lowest BCUT2D eigenvalue weighted by molar-refractivity contribution is -0.110. The van der Waals surface area contributed by atoms with Crippen LogP contribution in [0.15, 0.2) is 23.4 Å². The number of thioether (sulfide) groups is 1. The minimum absolute atomic E-state index is 0.147. The Kier molecular flexibility index (Phi) is 2.49. The second-order valence-corrected chi connectivity index (χ2v) is 4.16. The summed E-state index contributed by atoms with van der Waals surface area (Å²) in [6.07, 6.45) is 3.32. The number of aromatic nitrogens is 2. The van der Waals surface area contributed by atoms with Gasteiger partial charge in [0.05, 0.1) is 24.6 Å². The Labute approximate surface area is 85.8 Å². The highest BCUT2D eigenvalue weighted by molar-refractivity contribution is 8.17. The number of allylic oxidation sites excluding steroid dienone is 1. The molecule has 2 rings (SSSR count). The van der Waals surface area contributed by atoms with Crippen LogP contribution < -0.4 is 5.32 Å². The monoisotopic (exact) mass is 207 g/mol. The molecule has 1 N–H and O–H groups in total. The molecule has 2 heterocycles. The zero-order chi connectivity index (χ0) is 9.97. The maximum atomic E-state index is 11.1. The molecule has 72 valence electrons. The molecular formula is C9H9N3OS. The van der Waals surface area contributed by atoms with Gasteiger partial charge in [-0.05, 0) is 13.0 Å². The first-order valence-electron chi connectivity index (χ1n) is 4.20. The van der Waals surface area contributed by atoms with Crippen molar-refractivity contribution in [2.24, 2.45) is 0 Å². The van der Waals surface area contributed by atoms with Crippen molar-refractivity contribution in [3.05, 3.63) is 28.9 Å². The van der Waals surface area contributed by atoms with E-state index in [4.69, 9.17) is 0 Å². The first-order chi connectivity index (χ1) is 6.77. The molecule has 14 heavy (non-hydrogen) atoms. The van der Waals surface area contributed by atoms with Crippen LogP contribution in [-0.2, 0) is 4.79 Å². The summed E-state index contributed by atoms with van der Waals surface area (Å²) >= 11 is 1.27. The van der Waals surface area contributed by atoms with Crippen LogP contribution in [0.3, 0.4) is 0 Å². The van der Waals surface area contributed by atoms with Crippen LogP contribution in [0.2, 0.25) is 0 Å². The van der Waals surface area contributed by atoms with Gasteiger partial charge in [-0.25, -0.2) is 0 Å². The van der Waals surface area contributed by atoms with Gasteiger partial charge in [-0.3, -0.25) is 4.79 Å². The van der Waals surface area contributed by atoms with Crippen LogP contribution in [0.4, 0.5) is 0 Å². The summed E-state index contributed by atoms with van der Waals surface area (Å²) in [4.78, 5) is 12.1. The van der Waals surface area contributed by atoms with Gasteiger partial charge in [0.2, 0.25) is 5.12 Å². The maximum absolute atomic E-state index is 11.1. The van der Waals surface area contributed by atoms with E-state index in [0.29, 0.717) is 6.54 Å². The van der Waals surface area contributed by atoms with Crippen molar-refractivity contribution >= 4 is 22.6 Å².